The van der Waals surface area contributed by atoms with Crippen molar-refractivity contribution in [2.75, 3.05) is 18.1 Å². The van der Waals surface area contributed by atoms with Crippen molar-refractivity contribution in [2.45, 2.75) is 44.4 Å². The van der Waals surface area contributed by atoms with Crippen molar-refractivity contribution in [1.82, 2.24) is 15.1 Å². The van der Waals surface area contributed by atoms with Crippen LogP contribution in [-0.4, -0.2) is 53.5 Å². The topological polar surface area (TPSA) is 84.2 Å². The van der Waals surface area contributed by atoms with Crippen LogP contribution in [0.3, 0.4) is 0 Å². The number of aliphatic hydroxyl groups excluding tert-OH is 1. The van der Waals surface area contributed by atoms with Gasteiger partial charge in [0.25, 0.3) is 0 Å². The molecule has 3 rings (SSSR count). The number of halogens is 1. The lowest BCUT2D eigenvalue weighted by molar-refractivity contribution is 0.143. The van der Waals surface area contributed by atoms with Crippen LogP contribution in [0, 0.1) is 11.8 Å². The summed E-state index contributed by atoms with van der Waals surface area (Å²) in [4.78, 5) is 0. The molecule has 2 N–H and O–H groups in total. The SMILES string of the molecule is O=S1(=O)CCC(CN[C@@H]2CC(Cn3cc(Cl)cn3)C[C@H]2O)CC1. The van der Waals surface area contributed by atoms with Gasteiger partial charge in [-0.1, -0.05) is 11.6 Å². The third-order valence-electron chi connectivity index (χ3n) is 5.02. The van der Waals surface area contributed by atoms with Gasteiger partial charge in [0.05, 0.1) is 28.8 Å². The summed E-state index contributed by atoms with van der Waals surface area (Å²) in [6, 6.07) is 0.0876. The van der Waals surface area contributed by atoms with Crippen molar-refractivity contribution >= 4 is 21.4 Å². The average Bonchev–Trinajstić information content (AvgIpc) is 3.04. The fourth-order valence-corrected chi connectivity index (χ4v) is 5.40. The minimum Gasteiger partial charge on any atom is -0.391 e. The second-order valence-corrected chi connectivity index (χ2v) is 9.64. The summed E-state index contributed by atoms with van der Waals surface area (Å²) in [6.45, 7) is 1.56. The van der Waals surface area contributed by atoms with E-state index in [1.165, 1.54) is 0 Å². The highest BCUT2D eigenvalue weighted by Gasteiger charge is 2.33. The predicted octanol–water partition coefficient (Wildman–Crippen LogP) is 1.09. The lowest BCUT2D eigenvalue weighted by Gasteiger charge is -2.25. The Labute approximate surface area is 142 Å². The molecular weight excluding hydrogens is 338 g/mol. The van der Waals surface area contributed by atoms with Gasteiger partial charge in [0.15, 0.2) is 0 Å². The zero-order chi connectivity index (χ0) is 16.4. The lowest BCUT2D eigenvalue weighted by atomic mass is 10.0. The normalized spacial score (nSPS) is 31.5. The van der Waals surface area contributed by atoms with Crippen LogP contribution < -0.4 is 5.32 Å². The fraction of sp³-hybridized carbons (Fsp3) is 0.800. The third kappa shape index (κ3) is 4.68. The van der Waals surface area contributed by atoms with E-state index in [2.05, 4.69) is 10.4 Å². The number of nitrogens with zero attached hydrogens (tertiary/aromatic N) is 2. The Hall–Kier alpha value is -0.630. The van der Waals surface area contributed by atoms with E-state index in [1.54, 1.807) is 12.4 Å². The van der Waals surface area contributed by atoms with Crippen molar-refractivity contribution in [3.8, 4) is 0 Å². The summed E-state index contributed by atoms with van der Waals surface area (Å²) in [5.41, 5.74) is 0. The number of hydrogen-bond donors (Lipinski definition) is 2. The van der Waals surface area contributed by atoms with Crippen LogP contribution in [0.2, 0.25) is 5.02 Å². The Bertz CT molecular complexity index is 620. The monoisotopic (exact) mass is 361 g/mol. The Kier molecular flexibility index (Phi) is 5.30. The molecule has 1 unspecified atom stereocenters. The number of hydrogen-bond acceptors (Lipinski definition) is 5. The standard InChI is InChI=1S/C15H24ClN3O3S/c16-13-8-18-19(10-13)9-12-5-14(15(20)6-12)17-7-11-1-3-23(21,22)4-2-11/h8,10-12,14-15,17,20H,1-7,9H2/t12?,14-,15-/m1/s1. The molecule has 2 fully saturated rings. The number of rotatable bonds is 5. The molecule has 23 heavy (non-hydrogen) atoms. The zero-order valence-electron chi connectivity index (χ0n) is 13.1. The molecule has 1 aliphatic heterocycles. The molecule has 1 aliphatic carbocycles. The predicted molar refractivity (Wildman–Crippen MR) is 89.1 cm³/mol. The van der Waals surface area contributed by atoms with Gasteiger partial charge in [-0.3, -0.25) is 4.68 Å². The third-order valence-corrected chi connectivity index (χ3v) is 6.93. The maximum Gasteiger partial charge on any atom is 0.150 e. The number of sulfone groups is 1. The van der Waals surface area contributed by atoms with Crippen LogP contribution in [0.5, 0.6) is 0 Å². The smallest absolute Gasteiger partial charge is 0.150 e. The van der Waals surface area contributed by atoms with Crippen molar-refractivity contribution in [2.24, 2.45) is 11.8 Å². The molecular formula is C15H24ClN3O3S. The minimum absolute atomic E-state index is 0.0876. The van der Waals surface area contributed by atoms with Crippen LogP contribution in [0.25, 0.3) is 0 Å². The Morgan fingerprint density at radius 3 is 2.70 bits per heavy atom. The van der Waals surface area contributed by atoms with Crippen molar-refractivity contribution in [3.63, 3.8) is 0 Å². The van der Waals surface area contributed by atoms with E-state index in [-0.39, 0.29) is 12.1 Å². The second kappa shape index (κ2) is 7.09. The van der Waals surface area contributed by atoms with E-state index in [4.69, 9.17) is 11.6 Å². The molecule has 0 aromatic carbocycles. The molecule has 130 valence electrons. The Morgan fingerprint density at radius 1 is 1.30 bits per heavy atom. The number of nitrogens with one attached hydrogen (secondary N) is 1. The zero-order valence-corrected chi connectivity index (χ0v) is 14.6. The van der Waals surface area contributed by atoms with E-state index in [0.29, 0.717) is 28.4 Å². The first-order valence-electron chi connectivity index (χ1n) is 8.21. The first-order valence-corrected chi connectivity index (χ1v) is 10.4. The summed E-state index contributed by atoms with van der Waals surface area (Å²) in [5, 5.41) is 18.5. The van der Waals surface area contributed by atoms with Crippen molar-refractivity contribution in [3.05, 3.63) is 17.4 Å². The van der Waals surface area contributed by atoms with Crippen LogP contribution >= 0.6 is 11.6 Å². The maximum absolute atomic E-state index is 11.4. The first-order chi connectivity index (χ1) is 10.9. The fourth-order valence-electron chi connectivity index (χ4n) is 3.65. The van der Waals surface area contributed by atoms with Gasteiger partial charge in [0, 0.05) is 18.8 Å². The van der Waals surface area contributed by atoms with Gasteiger partial charge in [0.2, 0.25) is 0 Å². The van der Waals surface area contributed by atoms with Crippen LogP contribution in [0.4, 0.5) is 0 Å². The Morgan fingerprint density at radius 2 is 2.04 bits per heavy atom. The highest BCUT2D eigenvalue weighted by atomic mass is 35.5. The molecule has 1 saturated heterocycles. The first kappa shape index (κ1) is 17.2. The number of aliphatic hydroxyl groups is 1. The molecule has 1 saturated carbocycles. The van der Waals surface area contributed by atoms with Crippen molar-refractivity contribution < 1.29 is 13.5 Å². The molecule has 8 heteroatoms. The van der Waals surface area contributed by atoms with Gasteiger partial charge in [-0.05, 0) is 44.1 Å². The van der Waals surface area contributed by atoms with Gasteiger partial charge in [-0.25, -0.2) is 8.42 Å². The highest BCUT2D eigenvalue weighted by Crippen LogP contribution is 2.28. The summed E-state index contributed by atoms with van der Waals surface area (Å²) in [7, 11) is -2.80. The quantitative estimate of drug-likeness (QED) is 0.820. The maximum atomic E-state index is 11.4. The largest absolute Gasteiger partial charge is 0.391 e. The van der Waals surface area contributed by atoms with E-state index < -0.39 is 9.84 Å². The van der Waals surface area contributed by atoms with E-state index >= 15 is 0 Å². The molecule has 0 spiro atoms. The summed E-state index contributed by atoms with van der Waals surface area (Å²) in [6.07, 6.45) is 6.20. The second-order valence-electron chi connectivity index (χ2n) is 6.90. The van der Waals surface area contributed by atoms with Gasteiger partial charge in [-0.15, -0.1) is 0 Å². The van der Waals surface area contributed by atoms with Crippen molar-refractivity contribution in [1.29, 1.82) is 0 Å². The van der Waals surface area contributed by atoms with Gasteiger partial charge in [0.1, 0.15) is 9.84 Å². The van der Waals surface area contributed by atoms with Gasteiger partial charge >= 0.3 is 0 Å². The molecule has 2 heterocycles. The summed E-state index contributed by atoms with van der Waals surface area (Å²) < 4.78 is 24.7. The van der Waals surface area contributed by atoms with E-state index in [1.807, 2.05) is 4.68 Å². The summed E-state index contributed by atoms with van der Waals surface area (Å²) >= 11 is 5.87. The van der Waals surface area contributed by atoms with E-state index in [0.717, 1.165) is 38.8 Å². The van der Waals surface area contributed by atoms with Crippen LogP contribution in [-0.2, 0) is 16.4 Å². The Balaban J connectivity index is 1.44. The van der Waals surface area contributed by atoms with Crippen LogP contribution in [0.15, 0.2) is 12.4 Å². The molecule has 1 aromatic rings. The van der Waals surface area contributed by atoms with Crippen LogP contribution in [0.1, 0.15) is 25.7 Å². The molecule has 0 amide bonds. The van der Waals surface area contributed by atoms with E-state index in [9.17, 15) is 13.5 Å². The average molecular weight is 362 g/mol. The number of aromatic nitrogens is 2. The molecule has 2 aliphatic rings. The van der Waals surface area contributed by atoms with Gasteiger partial charge < -0.3 is 10.4 Å². The molecule has 0 bridgehead atoms. The minimum atomic E-state index is -2.80. The lowest BCUT2D eigenvalue weighted by Crippen LogP contribution is -2.40. The highest BCUT2D eigenvalue weighted by molar-refractivity contribution is 7.91. The molecule has 6 nitrogen and oxygen atoms in total. The summed E-state index contributed by atoms with van der Waals surface area (Å²) in [5.74, 6) is 1.38. The molecule has 3 atom stereocenters. The molecule has 1 aromatic heterocycles. The molecule has 0 radical (unpaired) electrons. The van der Waals surface area contributed by atoms with Gasteiger partial charge in [-0.2, -0.15) is 5.10 Å².